The number of alkyl halides is 3. The molecule has 0 amide bonds. The van der Waals surface area contributed by atoms with Crippen molar-refractivity contribution in [2.24, 2.45) is 28.7 Å². The minimum absolute atomic E-state index is 0.0101. The van der Waals surface area contributed by atoms with Gasteiger partial charge in [-0.25, -0.2) is 0 Å². The molecule has 492 valence electrons. The Morgan fingerprint density at radius 1 is 0.670 bits per heavy atom. The van der Waals surface area contributed by atoms with Gasteiger partial charge in [0.15, 0.2) is 10.5 Å². The Kier molecular flexibility index (Phi) is 23.4. The Hall–Kier alpha value is -7.98. The van der Waals surface area contributed by atoms with Gasteiger partial charge in [0.1, 0.15) is 0 Å². The maximum atomic E-state index is 13.4. The lowest BCUT2D eigenvalue weighted by atomic mass is 9.72. The second-order valence-electron chi connectivity index (χ2n) is 24.8. The van der Waals surface area contributed by atoms with Crippen LogP contribution < -0.4 is 16.0 Å². The fourth-order valence-electron chi connectivity index (χ4n) is 13.9. The lowest BCUT2D eigenvalue weighted by molar-refractivity contribution is -0.137. The van der Waals surface area contributed by atoms with E-state index in [9.17, 15) is 41.5 Å². The maximum absolute atomic E-state index is 13.4. The van der Waals surface area contributed by atoms with E-state index >= 15 is 0 Å². The predicted molar refractivity (Wildman–Crippen MR) is 373 cm³/mol. The second kappa shape index (κ2) is 32.0. The van der Waals surface area contributed by atoms with Crippen molar-refractivity contribution in [2.75, 3.05) is 36.8 Å². The normalized spacial score (nSPS) is 21.5. The first-order valence-corrected chi connectivity index (χ1v) is 34.2. The van der Waals surface area contributed by atoms with Crippen molar-refractivity contribution < 1.29 is 41.5 Å². The average molecular weight is 1310 g/mol. The van der Waals surface area contributed by atoms with Crippen LogP contribution in [0.2, 0.25) is 0 Å². The van der Waals surface area contributed by atoms with Crippen LogP contribution in [0.4, 0.5) is 30.2 Å². The highest BCUT2D eigenvalue weighted by Gasteiger charge is 2.45. The molecular formula is C75H83F3N8O6S2. The summed E-state index contributed by atoms with van der Waals surface area (Å²) in [6.07, 6.45) is 7.45. The topological polar surface area (TPSA) is 196 Å². The van der Waals surface area contributed by atoms with E-state index in [1.165, 1.54) is 19.3 Å². The quantitative estimate of drug-likeness (QED) is 0.0274. The Labute approximate surface area is 554 Å². The van der Waals surface area contributed by atoms with Crippen LogP contribution in [0.3, 0.4) is 0 Å². The molecule has 6 aliphatic rings. The van der Waals surface area contributed by atoms with Gasteiger partial charge in [0.25, 0.3) is 10.1 Å². The molecule has 6 saturated heterocycles. The average Bonchev–Trinajstić information content (AvgIpc) is 0.785. The number of hydrogen-bond acceptors (Lipinski definition) is 12. The molecule has 4 bridgehead atoms. The van der Waals surface area contributed by atoms with Crippen LogP contribution in [-0.4, -0.2) is 97.6 Å². The molecule has 6 aliphatic heterocycles. The molecule has 0 radical (unpaired) electrons. The number of pyridine rings is 2. The number of aryl methyl sites for hydroxylation is 1. The lowest BCUT2D eigenvalue weighted by Gasteiger charge is -2.52. The summed E-state index contributed by atoms with van der Waals surface area (Å²) in [6, 6.07) is 56.9. The molecule has 6 fully saturated rings. The number of fused-ring (bicyclic) bond motifs is 8. The standard InChI is InChI=1S/C29H33F3N4OS.C20H26N2O2.C13H13NO3S.C13H11N/c1-3-19-15-36-9-7-20(19)13-26(36)27(23-6-8-33-25-5-4-18(16-37)12-24(23)25)35-28(38)34-22-11-17(2)10-21(14-22)29(30,31)32;1-2-14-11-22-8-6-15(14)10-19(22)20(24)16-5-7-21-18-4-3-13(12-23)9-17(16)18;15-18(16,17)13(11-7-3-1-4-8-11)14-12-9-5-2-6-10-12;1-3-7-12(8-4-1)11-14-13-9-5-2-6-10-13/h4-6,8,10-12,14,19-20,26-27,37H,3,7,9,13,15-16H2,1-2H3,(H2,34,35,38);3-5,7,9,14-15,19-20,23-24H,2,6,8,10-12H2,1H3;1-10,13-14H,(H,15,16,17);1-11H/t19?,20?,26?,27-;14?,15?,19?,20-;;/m11../s1. The zero-order valence-electron chi connectivity index (χ0n) is 53.1. The predicted octanol–water partition coefficient (Wildman–Crippen LogP) is 15.2. The van der Waals surface area contributed by atoms with Gasteiger partial charge in [0.2, 0.25) is 0 Å². The van der Waals surface area contributed by atoms with Gasteiger partial charge in [-0.05, 0) is 199 Å². The molecule has 9 unspecified atom stereocenters. The fourth-order valence-corrected chi connectivity index (χ4v) is 14.9. The first-order chi connectivity index (χ1) is 45.4. The minimum atomic E-state index is -4.44. The van der Waals surface area contributed by atoms with Gasteiger partial charge in [0, 0.05) is 65.9 Å². The number of anilines is 2. The Morgan fingerprint density at radius 3 is 1.71 bits per heavy atom. The third kappa shape index (κ3) is 17.7. The number of aliphatic hydroxyl groups is 3. The Morgan fingerprint density at radius 2 is 1.19 bits per heavy atom. The number of hydrogen-bond donors (Lipinski definition) is 7. The largest absolute Gasteiger partial charge is 0.416 e. The van der Waals surface area contributed by atoms with E-state index in [0.29, 0.717) is 34.3 Å². The van der Waals surface area contributed by atoms with Crippen molar-refractivity contribution in [3.63, 3.8) is 0 Å². The number of piperidine rings is 6. The molecule has 11 atom stereocenters. The number of aliphatic hydroxyl groups excluding tert-OH is 3. The number of thiocarbonyl (C=S) groups is 1. The lowest BCUT2D eigenvalue weighted by Crippen LogP contribution is -2.58. The van der Waals surface area contributed by atoms with Crippen molar-refractivity contribution in [1.29, 1.82) is 0 Å². The van der Waals surface area contributed by atoms with Crippen molar-refractivity contribution in [2.45, 2.75) is 108 Å². The highest BCUT2D eigenvalue weighted by atomic mass is 32.2. The van der Waals surface area contributed by atoms with E-state index in [1.54, 1.807) is 80.0 Å². The first kappa shape index (κ1) is 68.9. The van der Waals surface area contributed by atoms with E-state index in [4.69, 9.17) is 12.2 Å². The molecule has 9 aromatic rings. The summed E-state index contributed by atoms with van der Waals surface area (Å²) in [5.74, 6) is 2.85. The molecule has 2 aromatic heterocycles. The number of benzene rings is 7. The molecule has 7 aromatic carbocycles. The summed E-state index contributed by atoms with van der Waals surface area (Å²) in [7, 11) is -4.23. The monoisotopic (exact) mass is 1310 g/mol. The highest BCUT2D eigenvalue weighted by molar-refractivity contribution is 7.86. The molecule has 14 nitrogen and oxygen atoms in total. The summed E-state index contributed by atoms with van der Waals surface area (Å²) < 4.78 is 72.4. The molecular weight excluding hydrogens is 1230 g/mol. The minimum Gasteiger partial charge on any atom is -0.392 e. The Bertz CT molecular complexity index is 4040. The van der Waals surface area contributed by atoms with Crippen molar-refractivity contribution in [3.05, 3.63) is 245 Å². The summed E-state index contributed by atoms with van der Waals surface area (Å²) in [5, 5.41) is 40.7. The van der Waals surface area contributed by atoms with Crippen molar-refractivity contribution in [3.8, 4) is 0 Å². The summed E-state index contributed by atoms with van der Waals surface area (Å²) in [4.78, 5) is 18.3. The van der Waals surface area contributed by atoms with Crippen LogP contribution in [0.5, 0.6) is 0 Å². The number of aromatic nitrogens is 2. The van der Waals surface area contributed by atoms with Crippen LogP contribution in [0, 0.1) is 30.6 Å². The summed E-state index contributed by atoms with van der Waals surface area (Å²) in [5.41, 5.74) is 8.63. The van der Waals surface area contributed by atoms with Crippen LogP contribution in [0.1, 0.15) is 114 Å². The molecule has 0 spiro atoms. The van der Waals surface area contributed by atoms with Gasteiger partial charge < -0.3 is 31.3 Å². The number of aliphatic imine (C=N–C) groups is 1. The Balaban J connectivity index is 0.000000147. The van der Waals surface area contributed by atoms with Crippen LogP contribution in [0.15, 0.2) is 205 Å². The first-order valence-electron chi connectivity index (χ1n) is 32.3. The van der Waals surface area contributed by atoms with Gasteiger partial charge in [-0.2, -0.15) is 21.6 Å². The third-order valence-electron chi connectivity index (χ3n) is 18.7. The smallest absolute Gasteiger partial charge is 0.392 e. The zero-order chi connectivity index (χ0) is 66.4. The van der Waals surface area contributed by atoms with Crippen LogP contribution >= 0.6 is 12.2 Å². The van der Waals surface area contributed by atoms with Gasteiger partial charge in [0.05, 0.1) is 47.6 Å². The van der Waals surface area contributed by atoms with Crippen molar-refractivity contribution >= 4 is 72.5 Å². The third-order valence-corrected chi connectivity index (χ3v) is 19.9. The molecule has 0 aliphatic carbocycles. The molecule has 7 N–H and O–H groups in total. The highest BCUT2D eigenvalue weighted by Crippen LogP contribution is 2.45. The van der Waals surface area contributed by atoms with Gasteiger partial charge in [-0.15, -0.1) is 0 Å². The zero-order valence-corrected chi connectivity index (χ0v) is 54.7. The second-order valence-corrected chi connectivity index (χ2v) is 26.7. The van der Waals surface area contributed by atoms with E-state index in [2.05, 4.69) is 54.6 Å². The summed E-state index contributed by atoms with van der Waals surface area (Å²) >= 11 is 5.69. The number of nitrogens with zero attached hydrogens (tertiary/aromatic N) is 5. The number of para-hydroxylation sites is 2. The maximum Gasteiger partial charge on any atom is 0.416 e. The van der Waals surface area contributed by atoms with E-state index in [1.807, 2.05) is 121 Å². The number of nitrogens with one attached hydrogen (secondary N) is 3. The molecule has 94 heavy (non-hydrogen) atoms. The van der Waals surface area contributed by atoms with Crippen molar-refractivity contribution in [1.82, 2.24) is 25.1 Å². The molecule has 0 saturated carbocycles. The fraction of sp³-hybridized carbons (Fsp3) is 0.333. The van der Waals surface area contributed by atoms with E-state index < -0.39 is 33.3 Å². The number of rotatable bonds is 16. The number of halogens is 3. The molecule has 19 heteroatoms. The van der Waals surface area contributed by atoms with E-state index in [0.717, 1.165) is 125 Å². The SMILES string of the molecule is C(=Nc1ccccc1)c1ccccc1.CCC1CN2CCC1CC2[C@H](NC(=S)Nc1cc(C)cc(C(F)(F)F)c1)c1ccnc2ccc(CO)cc12.CCC1CN2CCC1CC2[C@H](O)c1ccnc2ccc(CO)cc12.O=S(=O)(O)C(Nc1ccccc1)c1ccccc1. The molecule has 8 heterocycles. The molecule has 15 rings (SSSR count). The van der Waals surface area contributed by atoms with Crippen LogP contribution in [-0.2, 0) is 29.5 Å². The van der Waals surface area contributed by atoms with Gasteiger partial charge in [-0.1, -0.05) is 136 Å². The summed E-state index contributed by atoms with van der Waals surface area (Å²) in [6.45, 7) is 10.4. The van der Waals surface area contributed by atoms with Gasteiger partial charge in [-0.3, -0.25) is 29.3 Å². The van der Waals surface area contributed by atoms with Crippen LogP contribution in [0.25, 0.3) is 21.8 Å². The van der Waals surface area contributed by atoms with Gasteiger partial charge >= 0.3 is 6.18 Å². The van der Waals surface area contributed by atoms with E-state index in [-0.39, 0.29) is 36.5 Å².